The van der Waals surface area contributed by atoms with Gasteiger partial charge in [-0.15, -0.1) is 0 Å². The van der Waals surface area contributed by atoms with Gasteiger partial charge in [0.05, 0.1) is 24.5 Å². The predicted molar refractivity (Wildman–Crippen MR) is 95.8 cm³/mol. The first kappa shape index (κ1) is 16.7. The molecule has 1 aliphatic carbocycles. The lowest BCUT2D eigenvalue weighted by molar-refractivity contribution is -0.00823. The van der Waals surface area contributed by atoms with Crippen molar-refractivity contribution in [2.45, 2.75) is 38.1 Å². The average molecular weight is 351 g/mol. The highest BCUT2D eigenvalue weighted by Gasteiger charge is 2.41. The van der Waals surface area contributed by atoms with Crippen LogP contribution in [0.2, 0.25) is 0 Å². The molecule has 2 heterocycles. The largest absolute Gasteiger partial charge is 0.438 e. The van der Waals surface area contributed by atoms with Crippen molar-refractivity contribution in [1.29, 1.82) is 0 Å². The van der Waals surface area contributed by atoms with Crippen LogP contribution in [-0.4, -0.2) is 37.0 Å². The van der Waals surface area contributed by atoms with Crippen LogP contribution in [0.5, 0.6) is 11.6 Å². The molecule has 1 saturated carbocycles. The van der Waals surface area contributed by atoms with Gasteiger partial charge in [0.15, 0.2) is 0 Å². The molecular formula is C19H21N5O2. The van der Waals surface area contributed by atoms with Crippen LogP contribution in [0.3, 0.4) is 0 Å². The Hall–Kier alpha value is -2.77. The molecule has 0 unspecified atom stereocenters. The maximum Gasteiger partial charge on any atom is 0.237 e. The maximum atomic E-state index is 10.1. The summed E-state index contributed by atoms with van der Waals surface area (Å²) in [7, 11) is 0. The van der Waals surface area contributed by atoms with Gasteiger partial charge >= 0.3 is 0 Å². The highest BCUT2D eigenvalue weighted by molar-refractivity contribution is 5.30. The fourth-order valence-corrected chi connectivity index (χ4v) is 3.16. The highest BCUT2D eigenvalue weighted by Crippen LogP contribution is 2.32. The van der Waals surface area contributed by atoms with E-state index in [0.717, 1.165) is 29.8 Å². The molecule has 0 aliphatic heterocycles. The van der Waals surface area contributed by atoms with E-state index in [1.54, 1.807) is 18.6 Å². The first-order valence-electron chi connectivity index (χ1n) is 8.64. The smallest absolute Gasteiger partial charge is 0.237 e. The molecule has 4 rings (SSSR count). The third-order valence-corrected chi connectivity index (χ3v) is 4.59. The van der Waals surface area contributed by atoms with E-state index < -0.39 is 0 Å². The molecule has 0 bridgehead atoms. The summed E-state index contributed by atoms with van der Waals surface area (Å²) in [6.45, 7) is 2.72. The molecule has 26 heavy (non-hydrogen) atoms. The van der Waals surface area contributed by atoms with Crippen LogP contribution in [0.1, 0.15) is 23.6 Å². The van der Waals surface area contributed by atoms with E-state index >= 15 is 0 Å². The van der Waals surface area contributed by atoms with E-state index in [1.165, 1.54) is 0 Å². The van der Waals surface area contributed by atoms with Gasteiger partial charge in [-0.25, -0.2) is 4.98 Å². The zero-order valence-electron chi connectivity index (χ0n) is 14.5. The molecule has 2 aromatic heterocycles. The Kier molecular flexibility index (Phi) is 4.64. The summed E-state index contributed by atoms with van der Waals surface area (Å²) in [6.07, 6.45) is 8.95. The van der Waals surface area contributed by atoms with Crippen molar-refractivity contribution in [3.8, 4) is 11.6 Å². The molecule has 1 fully saturated rings. The first-order chi connectivity index (χ1) is 12.7. The number of rotatable bonds is 6. The van der Waals surface area contributed by atoms with Gasteiger partial charge in [0.2, 0.25) is 5.88 Å². The predicted octanol–water partition coefficient (Wildman–Crippen LogP) is 2.24. The van der Waals surface area contributed by atoms with Crippen LogP contribution >= 0.6 is 0 Å². The van der Waals surface area contributed by atoms with E-state index in [4.69, 9.17) is 4.74 Å². The molecular weight excluding hydrogens is 330 g/mol. The zero-order chi connectivity index (χ0) is 17.9. The zero-order valence-corrected chi connectivity index (χ0v) is 14.5. The number of aromatic nitrogens is 4. The van der Waals surface area contributed by atoms with Crippen molar-refractivity contribution >= 4 is 0 Å². The molecule has 1 aliphatic rings. The number of benzene rings is 1. The Bertz CT molecular complexity index is 850. The monoisotopic (exact) mass is 351 g/mol. The minimum atomic E-state index is -0.352. The van der Waals surface area contributed by atoms with Crippen molar-refractivity contribution in [3.63, 3.8) is 0 Å². The number of aliphatic hydroxyl groups is 1. The SMILES string of the molecule is Cc1cnn([C@H]2[C@H](O)C[C@@H]2NCc2ccc(Oc3cnccn3)cc2)c1. The second-order valence-electron chi connectivity index (χ2n) is 6.57. The van der Waals surface area contributed by atoms with Gasteiger partial charge in [-0.1, -0.05) is 12.1 Å². The van der Waals surface area contributed by atoms with Crippen LogP contribution < -0.4 is 10.1 Å². The second-order valence-corrected chi connectivity index (χ2v) is 6.57. The quantitative estimate of drug-likeness (QED) is 0.708. The van der Waals surface area contributed by atoms with Crippen molar-refractivity contribution in [1.82, 2.24) is 25.1 Å². The molecule has 134 valence electrons. The molecule has 1 aromatic carbocycles. The van der Waals surface area contributed by atoms with Gasteiger partial charge in [0.25, 0.3) is 0 Å². The Morgan fingerprint density at radius 2 is 2.08 bits per heavy atom. The van der Waals surface area contributed by atoms with E-state index in [-0.39, 0.29) is 18.2 Å². The minimum absolute atomic E-state index is 0.0111. The number of nitrogens with one attached hydrogen (secondary N) is 1. The molecule has 0 spiro atoms. The molecule has 7 nitrogen and oxygen atoms in total. The first-order valence-corrected chi connectivity index (χ1v) is 8.64. The van der Waals surface area contributed by atoms with E-state index in [9.17, 15) is 5.11 Å². The summed E-state index contributed by atoms with van der Waals surface area (Å²) in [5.41, 5.74) is 2.25. The van der Waals surface area contributed by atoms with Gasteiger partial charge < -0.3 is 15.2 Å². The summed E-state index contributed by atoms with van der Waals surface area (Å²) in [4.78, 5) is 8.07. The van der Waals surface area contributed by atoms with Gasteiger partial charge in [0, 0.05) is 31.2 Å². The highest BCUT2D eigenvalue weighted by atomic mass is 16.5. The van der Waals surface area contributed by atoms with Crippen LogP contribution in [-0.2, 0) is 6.54 Å². The minimum Gasteiger partial charge on any atom is -0.438 e. The second kappa shape index (κ2) is 7.23. The fourth-order valence-electron chi connectivity index (χ4n) is 3.16. The van der Waals surface area contributed by atoms with E-state index in [1.807, 2.05) is 48.3 Å². The van der Waals surface area contributed by atoms with Crippen LogP contribution in [0.25, 0.3) is 0 Å². The van der Waals surface area contributed by atoms with Gasteiger partial charge in [-0.2, -0.15) is 5.10 Å². The Labute approximate surface area is 151 Å². The molecule has 0 radical (unpaired) electrons. The van der Waals surface area contributed by atoms with Gasteiger partial charge in [0.1, 0.15) is 5.75 Å². The molecule has 3 atom stereocenters. The summed E-state index contributed by atoms with van der Waals surface area (Å²) < 4.78 is 7.50. The maximum absolute atomic E-state index is 10.1. The third-order valence-electron chi connectivity index (χ3n) is 4.59. The van der Waals surface area contributed by atoms with Gasteiger partial charge in [-0.05, 0) is 36.6 Å². The van der Waals surface area contributed by atoms with Crippen molar-refractivity contribution in [2.75, 3.05) is 0 Å². The number of nitrogens with zero attached hydrogens (tertiary/aromatic N) is 4. The van der Waals surface area contributed by atoms with E-state index in [2.05, 4.69) is 20.4 Å². The number of ether oxygens (including phenoxy) is 1. The van der Waals surface area contributed by atoms with Crippen LogP contribution in [0.4, 0.5) is 0 Å². The summed E-state index contributed by atoms with van der Waals surface area (Å²) >= 11 is 0. The number of aryl methyl sites for hydroxylation is 1. The summed E-state index contributed by atoms with van der Waals surface area (Å²) in [5, 5.41) is 17.9. The van der Waals surface area contributed by atoms with Crippen LogP contribution in [0, 0.1) is 6.92 Å². The third kappa shape index (κ3) is 3.58. The lowest BCUT2D eigenvalue weighted by Crippen LogP contribution is -2.54. The van der Waals surface area contributed by atoms with Crippen LogP contribution in [0.15, 0.2) is 55.2 Å². The standard InChI is InChI=1S/C19H21N5O2/c1-13-9-23-24(12-13)19-16(8-17(19)25)22-10-14-2-4-15(5-3-14)26-18-11-20-6-7-21-18/h2-7,9,11-12,16-17,19,22,25H,8,10H2,1H3/t16-,17+,19+/m0/s1. The van der Waals surface area contributed by atoms with Gasteiger partial charge in [-0.3, -0.25) is 9.67 Å². The summed E-state index contributed by atoms with van der Waals surface area (Å²) in [5.74, 6) is 1.19. The average Bonchev–Trinajstić information content (AvgIpc) is 3.06. The topological polar surface area (TPSA) is 85.1 Å². The Balaban J connectivity index is 1.33. The number of hydrogen-bond acceptors (Lipinski definition) is 6. The fraction of sp³-hybridized carbons (Fsp3) is 0.316. The Morgan fingerprint density at radius 3 is 2.73 bits per heavy atom. The molecule has 0 amide bonds. The lowest BCUT2D eigenvalue weighted by atomic mass is 9.83. The molecule has 0 saturated heterocycles. The number of hydrogen-bond donors (Lipinski definition) is 2. The van der Waals surface area contributed by atoms with E-state index in [0.29, 0.717) is 5.88 Å². The summed E-state index contributed by atoms with van der Waals surface area (Å²) in [6, 6.07) is 8.05. The van der Waals surface area contributed by atoms with Crippen molar-refractivity contribution < 1.29 is 9.84 Å². The molecule has 3 aromatic rings. The van der Waals surface area contributed by atoms with Crippen molar-refractivity contribution in [3.05, 3.63) is 66.4 Å². The number of aliphatic hydroxyl groups excluding tert-OH is 1. The molecule has 7 heteroatoms. The normalized spacial score (nSPS) is 22.0. The Morgan fingerprint density at radius 1 is 1.23 bits per heavy atom. The molecule has 2 N–H and O–H groups in total. The van der Waals surface area contributed by atoms with Crippen molar-refractivity contribution in [2.24, 2.45) is 0 Å². The lowest BCUT2D eigenvalue weighted by Gasteiger charge is -2.42.